The molecule has 0 spiro atoms. The number of para-hydroxylation sites is 1. The van der Waals surface area contributed by atoms with Gasteiger partial charge in [0.15, 0.2) is 0 Å². The third-order valence-corrected chi connectivity index (χ3v) is 3.27. The second-order valence-electron chi connectivity index (χ2n) is 4.42. The van der Waals surface area contributed by atoms with E-state index in [1.54, 1.807) is 18.2 Å². The number of rotatable bonds is 7. The van der Waals surface area contributed by atoms with Gasteiger partial charge in [-0.15, -0.1) is 0 Å². The summed E-state index contributed by atoms with van der Waals surface area (Å²) in [6.07, 6.45) is 1.32. The fourth-order valence-corrected chi connectivity index (χ4v) is 1.77. The molecule has 0 fully saturated rings. The normalized spacial score (nSPS) is 11.5. The van der Waals surface area contributed by atoms with Gasteiger partial charge in [-0.3, -0.25) is 10.1 Å². The molecule has 1 rings (SSSR count). The molecule has 1 aromatic carbocycles. The second kappa shape index (κ2) is 6.47. The molecule has 0 aliphatic rings. The molecule has 1 aromatic rings. The maximum atomic E-state index is 10.8. The molecule has 0 aliphatic heterocycles. The maximum Gasteiger partial charge on any atom is 0.273 e. The first kappa shape index (κ1) is 14.6. The fraction of sp³-hybridized carbons (Fsp3) is 0.538. The molecule has 5 heteroatoms. The lowest BCUT2D eigenvalue weighted by Gasteiger charge is -2.25. The number of nitro groups is 1. The molecule has 5 nitrogen and oxygen atoms in total. The quantitative estimate of drug-likeness (QED) is 0.576. The topological polar surface area (TPSA) is 75.4 Å². The van der Waals surface area contributed by atoms with Gasteiger partial charge in [-0.05, 0) is 12.8 Å². The van der Waals surface area contributed by atoms with Crippen molar-refractivity contribution >= 4 is 5.69 Å². The summed E-state index contributed by atoms with van der Waals surface area (Å²) >= 11 is 0. The van der Waals surface area contributed by atoms with E-state index in [0.29, 0.717) is 31.5 Å². The van der Waals surface area contributed by atoms with Crippen LogP contribution in [-0.2, 0) is 6.54 Å². The molecule has 0 unspecified atom stereocenters. The molecule has 0 saturated carbocycles. The van der Waals surface area contributed by atoms with Crippen LogP contribution in [0.25, 0.3) is 0 Å². The highest BCUT2D eigenvalue weighted by Gasteiger charge is 2.21. The van der Waals surface area contributed by atoms with Crippen LogP contribution in [0, 0.1) is 10.1 Å². The van der Waals surface area contributed by atoms with Crippen molar-refractivity contribution in [3.05, 3.63) is 39.9 Å². The van der Waals surface area contributed by atoms with Gasteiger partial charge in [-0.1, -0.05) is 32.0 Å². The monoisotopic (exact) mass is 252 g/mol. The first-order valence-corrected chi connectivity index (χ1v) is 6.18. The summed E-state index contributed by atoms with van der Waals surface area (Å²) in [4.78, 5) is 10.4. The number of hydrogen-bond donors (Lipinski definition) is 2. The fourth-order valence-electron chi connectivity index (χ4n) is 1.77. The van der Waals surface area contributed by atoms with Gasteiger partial charge in [-0.25, -0.2) is 0 Å². The highest BCUT2D eigenvalue weighted by atomic mass is 16.6. The largest absolute Gasteiger partial charge is 0.389 e. The molecule has 2 N–H and O–H groups in total. The molecule has 0 bridgehead atoms. The van der Waals surface area contributed by atoms with Crippen molar-refractivity contribution in [2.45, 2.75) is 38.8 Å². The zero-order valence-electron chi connectivity index (χ0n) is 10.8. The van der Waals surface area contributed by atoms with Crippen molar-refractivity contribution in [3.8, 4) is 0 Å². The molecule has 0 aromatic heterocycles. The summed E-state index contributed by atoms with van der Waals surface area (Å²) in [5, 5.41) is 24.0. The minimum Gasteiger partial charge on any atom is -0.389 e. The molecule has 0 heterocycles. The van der Waals surface area contributed by atoms with Crippen LogP contribution in [0.5, 0.6) is 0 Å². The summed E-state index contributed by atoms with van der Waals surface area (Å²) in [5.41, 5.74) is 0.0161. The summed E-state index contributed by atoms with van der Waals surface area (Å²) < 4.78 is 0. The van der Waals surface area contributed by atoms with Crippen molar-refractivity contribution in [1.82, 2.24) is 5.32 Å². The van der Waals surface area contributed by atoms with Crippen LogP contribution in [0.15, 0.2) is 24.3 Å². The van der Waals surface area contributed by atoms with Crippen LogP contribution in [0.2, 0.25) is 0 Å². The number of hydrogen-bond acceptors (Lipinski definition) is 4. The van der Waals surface area contributed by atoms with Gasteiger partial charge in [0.05, 0.1) is 10.5 Å². The van der Waals surface area contributed by atoms with Gasteiger partial charge in [0, 0.05) is 24.7 Å². The van der Waals surface area contributed by atoms with E-state index in [1.807, 2.05) is 13.8 Å². The molecule has 0 atom stereocenters. The lowest BCUT2D eigenvalue weighted by Crippen LogP contribution is -2.39. The van der Waals surface area contributed by atoms with Crippen LogP contribution in [0.1, 0.15) is 32.3 Å². The Bertz CT molecular complexity index is 403. The lowest BCUT2D eigenvalue weighted by molar-refractivity contribution is -0.385. The number of nitro benzene ring substituents is 1. The third kappa shape index (κ3) is 3.78. The van der Waals surface area contributed by atoms with Gasteiger partial charge in [0.2, 0.25) is 0 Å². The van der Waals surface area contributed by atoms with Crippen molar-refractivity contribution in [2.75, 3.05) is 6.54 Å². The SMILES string of the molecule is CCC(O)(CC)CNCc1ccccc1[N+](=O)[O-]. The molecule has 18 heavy (non-hydrogen) atoms. The zero-order chi connectivity index (χ0) is 13.6. The van der Waals surface area contributed by atoms with E-state index in [9.17, 15) is 15.2 Å². The van der Waals surface area contributed by atoms with Crippen molar-refractivity contribution in [3.63, 3.8) is 0 Å². The predicted molar refractivity (Wildman–Crippen MR) is 70.3 cm³/mol. The Labute approximate surface area is 107 Å². The van der Waals surface area contributed by atoms with Gasteiger partial charge < -0.3 is 10.4 Å². The van der Waals surface area contributed by atoms with Crippen LogP contribution in [-0.4, -0.2) is 22.2 Å². The van der Waals surface area contributed by atoms with E-state index in [-0.39, 0.29) is 10.6 Å². The van der Waals surface area contributed by atoms with Crippen molar-refractivity contribution in [2.24, 2.45) is 0 Å². The summed E-state index contributed by atoms with van der Waals surface area (Å²) in [5.74, 6) is 0. The summed E-state index contributed by atoms with van der Waals surface area (Å²) in [6.45, 7) is 4.68. The molecule has 0 aliphatic carbocycles. The minimum absolute atomic E-state index is 0.113. The van der Waals surface area contributed by atoms with E-state index in [4.69, 9.17) is 0 Å². The van der Waals surface area contributed by atoms with Crippen LogP contribution in [0.3, 0.4) is 0 Å². The first-order chi connectivity index (χ1) is 8.52. The second-order valence-corrected chi connectivity index (χ2v) is 4.42. The van der Waals surface area contributed by atoms with Gasteiger partial charge >= 0.3 is 0 Å². The average molecular weight is 252 g/mol. The first-order valence-electron chi connectivity index (χ1n) is 6.18. The zero-order valence-corrected chi connectivity index (χ0v) is 10.8. The van der Waals surface area contributed by atoms with E-state index in [1.165, 1.54) is 6.07 Å². The van der Waals surface area contributed by atoms with E-state index in [0.717, 1.165) is 0 Å². The molecule has 0 saturated heterocycles. The number of benzene rings is 1. The Morgan fingerprint density at radius 1 is 1.33 bits per heavy atom. The maximum absolute atomic E-state index is 10.8. The summed E-state index contributed by atoms with van der Waals surface area (Å²) in [6, 6.07) is 6.64. The van der Waals surface area contributed by atoms with Gasteiger partial charge in [0.25, 0.3) is 5.69 Å². The molecule has 0 radical (unpaired) electrons. The smallest absolute Gasteiger partial charge is 0.273 e. The number of nitrogens with one attached hydrogen (secondary N) is 1. The summed E-state index contributed by atoms with van der Waals surface area (Å²) in [7, 11) is 0. The number of aliphatic hydroxyl groups is 1. The van der Waals surface area contributed by atoms with Crippen molar-refractivity contribution in [1.29, 1.82) is 0 Å². The lowest BCUT2D eigenvalue weighted by atomic mass is 9.97. The van der Waals surface area contributed by atoms with Gasteiger partial charge in [0.1, 0.15) is 0 Å². The van der Waals surface area contributed by atoms with E-state index in [2.05, 4.69) is 5.32 Å². The minimum atomic E-state index is -0.733. The highest BCUT2D eigenvalue weighted by Crippen LogP contribution is 2.18. The molecule has 100 valence electrons. The number of nitrogens with zero attached hydrogens (tertiary/aromatic N) is 1. The van der Waals surface area contributed by atoms with Crippen molar-refractivity contribution < 1.29 is 10.0 Å². The Kier molecular flexibility index (Phi) is 5.25. The van der Waals surface area contributed by atoms with Crippen LogP contribution in [0.4, 0.5) is 5.69 Å². The standard InChI is InChI=1S/C13H20N2O3/c1-3-13(16,4-2)10-14-9-11-7-5-6-8-12(11)15(17)18/h5-8,14,16H,3-4,9-10H2,1-2H3. The Morgan fingerprint density at radius 3 is 2.50 bits per heavy atom. The Hall–Kier alpha value is -1.46. The average Bonchev–Trinajstić information content (AvgIpc) is 2.39. The third-order valence-electron chi connectivity index (χ3n) is 3.27. The van der Waals surface area contributed by atoms with Gasteiger partial charge in [-0.2, -0.15) is 0 Å². The van der Waals surface area contributed by atoms with E-state index >= 15 is 0 Å². The molecular formula is C13H20N2O3. The van der Waals surface area contributed by atoms with Crippen LogP contribution >= 0.6 is 0 Å². The Morgan fingerprint density at radius 2 is 1.94 bits per heavy atom. The molecule has 0 amide bonds. The highest BCUT2D eigenvalue weighted by molar-refractivity contribution is 5.39. The van der Waals surface area contributed by atoms with E-state index < -0.39 is 5.60 Å². The molecular weight excluding hydrogens is 232 g/mol. The predicted octanol–water partition coefficient (Wildman–Crippen LogP) is 2.24. The van der Waals surface area contributed by atoms with Crippen LogP contribution < -0.4 is 5.32 Å². The Balaban J connectivity index is 2.62.